The van der Waals surface area contributed by atoms with E-state index in [-0.39, 0.29) is 5.92 Å². The SMILES string of the molecule is NC1(C(=O)O)CCCC1CCSc1ccc(Br)cc1. The van der Waals surface area contributed by atoms with Crippen molar-refractivity contribution < 1.29 is 9.90 Å². The fourth-order valence-corrected chi connectivity index (χ4v) is 3.87. The van der Waals surface area contributed by atoms with Crippen LogP contribution in [0.2, 0.25) is 0 Å². The van der Waals surface area contributed by atoms with E-state index in [1.807, 2.05) is 12.1 Å². The molecule has 2 rings (SSSR count). The Labute approximate surface area is 126 Å². The number of thioether (sulfide) groups is 1. The standard InChI is InChI=1S/C14H18BrNO2S/c15-11-3-5-12(6-4-11)19-9-7-10-2-1-8-14(10,16)13(17)18/h3-6,10H,1-2,7-9,16H2,(H,17,18). The number of carboxylic acid groups (broad SMARTS) is 1. The molecule has 0 bridgehead atoms. The second-order valence-electron chi connectivity index (χ2n) is 5.03. The van der Waals surface area contributed by atoms with Gasteiger partial charge in [-0.3, -0.25) is 4.79 Å². The summed E-state index contributed by atoms with van der Waals surface area (Å²) in [5.74, 6) is 0.176. The van der Waals surface area contributed by atoms with E-state index in [1.54, 1.807) is 11.8 Å². The van der Waals surface area contributed by atoms with E-state index >= 15 is 0 Å². The van der Waals surface area contributed by atoms with Crippen molar-refractivity contribution in [3.05, 3.63) is 28.7 Å². The topological polar surface area (TPSA) is 63.3 Å². The first-order valence-corrected chi connectivity index (χ1v) is 8.21. The van der Waals surface area contributed by atoms with E-state index in [0.29, 0.717) is 6.42 Å². The Morgan fingerprint density at radius 3 is 2.79 bits per heavy atom. The third-order valence-electron chi connectivity index (χ3n) is 3.82. The summed E-state index contributed by atoms with van der Waals surface area (Å²) < 4.78 is 1.07. The minimum absolute atomic E-state index is 0.105. The van der Waals surface area contributed by atoms with Crippen molar-refractivity contribution in [3.8, 4) is 0 Å². The lowest BCUT2D eigenvalue weighted by Gasteiger charge is -2.26. The van der Waals surface area contributed by atoms with Gasteiger partial charge in [0.05, 0.1) is 0 Å². The zero-order valence-corrected chi connectivity index (χ0v) is 13.0. The van der Waals surface area contributed by atoms with Crippen LogP contribution in [0.3, 0.4) is 0 Å². The number of halogens is 1. The third kappa shape index (κ3) is 3.52. The Morgan fingerprint density at radius 2 is 2.16 bits per heavy atom. The first-order valence-electron chi connectivity index (χ1n) is 6.43. The van der Waals surface area contributed by atoms with Crippen molar-refractivity contribution in [1.82, 2.24) is 0 Å². The summed E-state index contributed by atoms with van der Waals surface area (Å²) in [4.78, 5) is 12.5. The molecule has 5 heteroatoms. The van der Waals surface area contributed by atoms with E-state index in [2.05, 4.69) is 28.1 Å². The van der Waals surface area contributed by atoms with E-state index in [0.717, 1.165) is 29.5 Å². The highest BCUT2D eigenvalue weighted by Crippen LogP contribution is 2.37. The summed E-state index contributed by atoms with van der Waals surface area (Å²) in [5.41, 5.74) is 5.03. The van der Waals surface area contributed by atoms with Crippen molar-refractivity contribution in [2.24, 2.45) is 11.7 Å². The molecular weight excluding hydrogens is 326 g/mol. The number of carbonyl (C=O) groups is 1. The smallest absolute Gasteiger partial charge is 0.323 e. The summed E-state index contributed by atoms with van der Waals surface area (Å²) >= 11 is 5.17. The summed E-state index contributed by atoms with van der Waals surface area (Å²) in [7, 11) is 0. The number of nitrogens with two attached hydrogens (primary N) is 1. The molecule has 0 amide bonds. The molecule has 3 nitrogen and oxygen atoms in total. The van der Waals surface area contributed by atoms with Crippen LogP contribution in [0.5, 0.6) is 0 Å². The van der Waals surface area contributed by atoms with E-state index in [9.17, 15) is 9.90 Å². The Hall–Kier alpha value is -0.520. The maximum atomic E-state index is 11.3. The largest absolute Gasteiger partial charge is 0.480 e. The van der Waals surface area contributed by atoms with Gasteiger partial charge in [-0.15, -0.1) is 11.8 Å². The zero-order chi connectivity index (χ0) is 13.9. The molecule has 0 aliphatic heterocycles. The van der Waals surface area contributed by atoms with Crippen LogP contribution in [0.1, 0.15) is 25.7 Å². The van der Waals surface area contributed by atoms with E-state index in [1.165, 1.54) is 4.90 Å². The van der Waals surface area contributed by atoms with Gasteiger partial charge in [0.2, 0.25) is 0 Å². The first-order chi connectivity index (χ1) is 9.02. The lowest BCUT2D eigenvalue weighted by atomic mass is 9.86. The molecule has 0 radical (unpaired) electrons. The van der Waals surface area contributed by atoms with E-state index in [4.69, 9.17) is 5.73 Å². The molecule has 2 unspecified atom stereocenters. The fourth-order valence-electron chi connectivity index (χ4n) is 2.64. The molecule has 1 aromatic rings. The average molecular weight is 344 g/mol. The number of hydrogen-bond donors (Lipinski definition) is 2. The second-order valence-corrected chi connectivity index (χ2v) is 7.11. The Balaban J connectivity index is 1.85. The van der Waals surface area contributed by atoms with Crippen LogP contribution in [0.25, 0.3) is 0 Å². The Morgan fingerprint density at radius 1 is 1.47 bits per heavy atom. The average Bonchev–Trinajstić information content (AvgIpc) is 2.75. The van der Waals surface area contributed by atoms with Gasteiger partial charge in [-0.1, -0.05) is 22.4 Å². The van der Waals surface area contributed by atoms with Gasteiger partial charge in [-0.25, -0.2) is 0 Å². The third-order valence-corrected chi connectivity index (χ3v) is 5.39. The minimum Gasteiger partial charge on any atom is -0.480 e. The van der Waals surface area contributed by atoms with Crippen molar-refractivity contribution in [2.75, 3.05) is 5.75 Å². The van der Waals surface area contributed by atoms with Crippen molar-refractivity contribution in [3.63, 3.8) is 0 Å². The normalized spacial score (nSPS) is 26.5. The van der Waals surface area contributed by atoms with Gasteiger partial charge in [-0.05, 0) is 55.2 Å². The molecule has 2 atom stereocenters. The summed E-state index contributed by atoms with van der Waals surface area (Å²) in [5, 5.41) is 9.25. The number of hydrogen-bond acceptors (Lipinski definition) is 3. The molecule has 1 fully saturated rings. The monoisotopic (exact) mass is 343 g/mol. The van der Waals surface area contributed by atoms with E-state index < -0.39 is 11.5 Å². The van der Waals surface area contributed by atoms with Crippen molar-refractivity contribution in [2.45, 2.75) is 36.1 Å². The van der Waals surface area contributed by atoms with Gasteiger partial charge in [-0.2, -0.15) is 0 Å². The predicted octanol–water partition coefficient (Wildman–Crippen LogP) is 3.51. The van der Waals surface area contributed by atoms with Gasteiger partial charge in [0.25, 0.3) is 0 Å². The van der Waals surface area contributed by atoms with Crippen LogP contribution < -0.4 is 5.73 Å². The van der Waals surface area contributed by atoms with Crippen LogP contribution in [0, 0.1) is 5.92 Å². The molecule has 0 aromatic heterocycles. The molecule has 1 saturated carbocycles. The van der Waals surface area contributed by atoms with Gasteiger partial charge in [0, 0.05) is 9.37 Å². The summed E-state index contributed by atoms with van der Waals surface area (Å²) in [6.45, 7) is 0. The quantitative estimate of drug-likeness (QED) is 0.803. The molecular formula is C14H18BrNO2S. The van der Waals surface area contributed by atoms with Crippen molar-refractivity contribution >= 4 is 33.7 Å². The summed E-state index contributed by atoms with van der Waals surface area (Å²) in [6, 6.07) is 8.16. The van der Waals surface area contributed by atoms with Crippen LogP contribution in [0.4, 0.5) is 0 Å². The number of rotatable bonds is 5. The molecule has 19 heavy (non-hydrogen) atoms. The zero-order valence-electron chi connectivity index (χ0n) is 10.6. The van der Waals surface area contributed by atoms with Gasteiger partial charge in [0.15, 0.2) is 0 Å². The van der Waals surface area contributed by atoms with Crippen LogP contribution in [-0.4, -0.2) is 22.4 Å². The maximum absolute atomic E-state index is 11.3. The Kier molecular flexibility index (Phi) is 4.92. The highest BCUT2D eigenvalue weighted by Gasteiger charge is 2.45. The molecule has 1 aliphatic carbocycles. The molecule has 0 saturated heterocycles. The highest BCUT2D eigenvalue weighted by molar-refractivity contribution is 9.10. The van der Waals surface area contributed by atoms with Gasteiger partial charge < -0.3 is 10.8 Å². The first kappa shape index (κ1) is 14.9. The van der Waals surface area contributed by atoms with Crippen molar-refractivity contribution in [1.29, 1.82) is 0 Å². The molecule has 0 spiro atoms. The minimum atomic E-state index is -1.000. The number of carboxylic acids is 1. The maximum Gasteiger partial charge on any atom is 0.323 e. The molecule has 1 aromatic carbocycles. The molecule has 104 valence electrons. The molecule has 3 N–H and O–H groups in total. The lowest BCUT2D eigenvalue weighted by Crippen LogP contribution is -2.51. The highest BCUT2D eigenvalue weighted by atomic mass is 79.9. The number of benzene rings is 1. The number of aliphatic carboxylic acids is 1. The summed E-state index contributed by atoms with van der Waals surface area (Å²) in [6.07, 6.45) is 3.33. The predicted molar refractivity (Wildman–Crippen MR) is 81.4 cm³/mol. The molecule has 1 aliphatic rings. The lowest BCUT2D eigenvalue weighted by molar-refractivity contribution is -0.144. The molecule has 0 heterocycles. The Bertz CT molecular complexity index is 451. The fraction of sp³-hybridized carbons (Fsp3) is 0.500. The van der Waals surface area contributed by atoms with Crippen LogP contribution in [-0.2, 0) is 4.79 Å². The second kappa shape index (κ2) is 6.29. The van der Waals surface area contributed by atoms with Crippen LogP contribution >= 0.6 is 27.7 Å². The van der Waals surface area contributed by atoms with Gasteiger partial charge in [0.1, 0.15) is 5.54 Å². The van der Waals surface area contributed by atoms with Gasteiger partial charge >= 0.3 is 5.97 Å². The van der Waals surface area contributed by atoms with Crippen LogP contribution in [0.15, 0.2) is 33.6 Å².